The van der Waals surface area contributed by atoms with Crippen molar-refractivity contribution in [1.29, 1.82) is 0 Å². The Morgan fingerprint density at radius 2 is 2.05 bits per heavy atom. The second kappa shape index (κ2) is 4.99. The predicted molar refractivity (Wildman–Crippen MR) is 58.6 cm³/mol. The summed E-state index contributed by atoms with van der Waals surface area (Å²) in [5, 5.41) is 0. The molecule has 1 aromatic heterocycles. The number of nitrogens with zero attached hydrogens (tertiary/aromatic N) is 2. The van der Waals surface area contributed by atoms with Crippen LogP contribution in [0.3, 0.4) is 0 Å². The van der Waals surface area contributed by atoms with E-state index in [9.17, 15) is 17.6 Å². The van der Waals surface area contributed by atoms with E-state index in [0.717, 1.165) is 18.5 Å². The SMILES string of the molecule is CC1CC=C(Oc2cc(F)ncn2)C=C1C(F)(F)F. The van der Waals surface area contributed by atoms with Gasteiger partial charge >= 0.3 is 6.18 Å². The lowest BCUT2D eigenvalue weighted by Gasteiger charge is -2.22. The average molecular weight is 274 g/mol. The molecule has 1 heterocycles. The minimum atomic E-state index is -4.40. The Bertz CT molecular complexity index is 537. The third-order valence-corrected chi connectivity index (χ3v) is 2.66. The monoisotopic (exact) mass is 274 g/mol. The van der Waals surface area contributed by atoms with Crippen molar-refractivity contribution in [2.24, 2.45) is 5.92 Å². The molecule has 0 saturated heterocycles. The zero-order chi connectivity index (χ0) is 14.0. The maximum absolute atomic E-state index is 12.8. The van der Waals surface area contributed by atoms with E-state index in [4.69, 9.17) is 4.74 Å². The molecule has 1 aromatic rings. The van der Waals surface area contributed by atoms with Gasteiger partial charge in [0.2, 0.25) is 11.8 Å². The van der Waals surface area contributed by atoms with Gasteiger partial charge in [-0.2, -0.15) is 17.6 Å². The fourth-order valence-corrected chi connectivity index (χ4v) is 1.70. The Morgan fingerprint density at radius 3 is 2.68 bits per heavy atom. The van der Waals surface area contributed by atoms with Crippen LogP contribution < -0.4 is 4.74 Å². The third-order valence-electron chi connectivity index (χ3n) is 2.66. The summed E-state index contributed by atoms with van der Waals surface area (Å²) >= 11 is 0. The normalized spacial score (nSPS) is 19.7. The van der Waals surface area contributed by atoms with Crippen molar-refractivity contribution >= 4 is 0 Å². The van der Waals surface area contributed by atoms with E-state index in [1.54, 1.807) is 0 Å². The van der Waals surface area contributed by atoms with Crippen molar-refractivity contribution in [3.8, 4) is 5.88 Å². The molecule has 0 aliphatic heterocycles. The maximum Gasteiger partial charge on any atom is 0.413 e. The van der Waals surface area contributed by atoms with Crippen molar-refractivity contribution in [3.05, 3.63) is 41.8 Å². The summed E-state index contributed by atoms with van der Waals surface area (Å²) in [6.45, 7) is 1.48. The highest BCUT2D eigenvalue weighted by Crippen LogP contribution is 2.36. The molecule has 0 bridgehead atoms. The Kier molecular flexibility index (Phi) is 3.55. The Morgan fingerprint density at radius 1 is 1.32 bits per heavy atom. The van der Waals surface area contributed by atoms with Gasteiger partial charge in [0.15, 0.2) is 0 Å². The summed E-state index contributed by atoms with van der Waals surface area (Å²) in [6, 6.07) is 0.903. The maximum atomic E-state index is 12.8. The van der Waals surface area contributed by atoms with Crippen molar-refractivity contribution in [1.82, 2.24) is 9.97 Å². The van der Waals surface area contributed by atoms with E-state index >= 15 is 0 Å². The average Bonchev–Trinajstić information content (AvgIpc) is 2.30. The van der Waals surface area contributed by atoms with Gasteiger partial charge < -0.3 is 4.74 Å². The second-order valence-electron chi connectivity index (χ2n) is 4.12. The minimum absolute atomic E-state index is 0.00326. The first-order chi connectivity index (χ1) is 8.86. The second-order valence-corrected chi connectivity index (χ2v) is 4.12. The molecule has 0 N–H and O–H groups in total. The predicted octanol–water partition coefficient (Wildman–Crippen LogP) is 3.41. The summed E-state index contributed by atoms with van der Waals surface area (Å²) < 4.78 is 56.1. The molecule has 19 heavy (non-hydrogen) atoms. The topological polar surface area (TPSA) is 35.0 Å². The largest absolute Gasteiger partial charge is 0.439 e. The molecule has 0 saturated carbocycles. The molecule has 0 spiro atoms. The van der Waals surface area contributed by atoms with Crippen LogP contribution in [0.15, 0.2) is 35.9 Å². The van der Waals surface area contributed by atoms with Gasteiger partial charge in [-0.05, 0) is 24.5 Å². The van der Waals surface area contributed by atoms with E-state index in [2.05, 4.69) is 9.97 Å². The van der Waals surface area contributed by atoms with Gasteiger partial charge in [0.1, 0.15) is 12.1 Å². The van der Waals surface area contributed by atoms with E-state index in [1.165, 1.54) is 13.0 Å². The Hall–Kier alpha value is -1.92. The fraction of sp³-hybridized carbons (Fsp3) is 0.333. The zero-order valence-electron chi connectivity index (χ0n) is 9.91. The molecular weight excluding hydrogens is 264 g/mol. The van der Waals surface area contributed by atoms with E-state index in [1.807, 2.05) is 0 Å². The van der Waals surface area contributed by atoms with Gasteiger partial charge in [0.25, 0.3) is 0 Å². The number of allylic oxidation sites excluding steroid dienone is 3. The van der Waals surface area contributed by atoms with Crippen LogP contribution in [-0.4, -0.2) is 16.1 Å². The van der Waals surface area contributed by atoms with Gasteiger partial charge in [0.05, 0.1) is 6.07 Å². The molecule has 0 radical (unpaired) electrons. The van der Waals surface area contributed by atoms with Crippen LogP contribution in [0, 0.1) is 11.9 Å². The lowest BCUT2D eigenvalue weighted by molar-refractivity contribution is -0.0987. The molecule has 7 heteroatoms. The lowest BCUT2D eigenvalue weighted by atomic mass is 9.92. The van der Waals surface area contributed by atoms with Crippen LogP contribution in [0.5, 0.6) is 5.88 Å². The van der Waals surface area contributed by atoms with Gasteiger partial charge in [0, 0.05) is 5.57 Å². The Balaban J connectivity index is 2.20. The molecule has 1 unspecified atom stereocenters. The van der Waals surface area contributed by atoms with Gasteiger partial charge in [-0.3, -0.25) is 0 Å². The van der Waals surface area contributed by atoms with Crippen molar-refractivity contribution in [2.45, 2.75) is 19.5 Å². The number of hydrogen-bond acceptors (Lipinski definition) is 3. The van der Waals surface area contributed by atoms with Crippen molar-refractivity contribution in [3.63, 3.8) is 0 Å². The van der Waals surface area contributed by atoms with Gasteiger partial charge in [-0.1, -0.05) is 6.92 Å². The van der Waals surface area contributed by atoms with Crippen LogP contribution in [0.2, 0.25) is 0 Å². The van der Waals surface area contributed by atoms with E-state index in [-0.39, 0.29) is 18.1 Å². The summed E-state index contributed by atoms with van der Waals surface area (Å²) in [4.78, 5) is 6.84. The van der Waals surface area contributed by atoms with E-state index in [0.29, 0.717) is 0 Å². The number of alkyl halides is 3. The highest BCUT2D eigenvalue weighted by atomic mass is 19.4. The summed E-state index contributed by atoms with van der Waals surface area (Å²) in [7, 11) is 0. The summed E-state index contributed by atoms with van der Waals surface area (Å²) in [6.07, 6.45) is -0.841. The standard InChI is InChI=1S/C12H10F4N2O/c1-7-2-3-8(4-9(7)12(14,15)16)19-11-5-10(13)17-6-18-11/h3-7H,2H2,1H3. The molecule has 0 amide bonds. The zero-order valence-corrected chi connectivity index (χ0v) is 9.91. The van der Waals surface area contributed by atoms with Crippen LogP contribution in [-0.2, 0) is 0 Å². The first kappa shape index (κ1) is 13.5. The van der Waals surface area contributed by atoms with Crippen LogP contribution in [0.1, 0.15) is 13.3 Å². The molecule has 1 aliphatic rings. The first-order valence-electron chi connectivity index (χ1n) is 5.50. The molecule has 0 aromatic carbocycles. The molecule has 1 atom stereocenters. The number of ether oxygens (including phenoxy) is 1. The van der Waals surface area contributed by atoms with Crippen LogP contribution in [0.25, 0.3) is 0 Å². The Labute approximate surface area is 106 Å². The summed E-state index contributed by atoms with van der Waals surface area (Å²) in [5.41, 5.74) is -0.667. The molecule has 1 aliphatic carbocycles. The van der Waals surface area contributed by atoms with Gasteiger partial charge in [-0.15, -0.1) is 0 Å². The minimum Gasteiger partial charge on any atom is -0.439 e. The summed E-state index contributed by atoms with van der Waals surface area (Å²) in [5.74, 6) is -1.57. The van der Waals surface area contributed by atoms with Crippen LogP contribution in [0.4, 0.5) is 17.6 Å². The number of aromatic nitrogens is 2. The van der Waals surface area contributed by atoms with E-state index < -0.39 is 23.6 Å². The first-order valence-corrected chi connectivity index (χ1v) is 5.50. The smallest absolute Gasteiger partial charge is 0.413 e. The number of halogens is 4. The highest BCUT2D eigenvalue weighted by molar-refractivity contribution is 5.30. The third kappa shape index (κ3) is 3.30. The lowest BCUT2D eigenvalue weighted by Crippen LogP contribution is -2.21. The van der Waals surface area contributed by atoms with Crippen LogP contribution >= 0.6 is 0 Å². The number of rotatable bonds is 2. The number of hydrogen-bond donors (Lipinski definition) is 0. The quantitative estimate of drug-likeness (QED) is 0.612. The molecule has 3 nitrogen and oxygen atoms in total. The molecular formula is C12H10F4N2O. The van der Waals surface area contributed by atoms with Gasteiger partial charge in [-0.25, -0.2) is 9.97 Å². The highest BCUT2D eigenvalue weighted by Gasteiger charge is 2.38. The fourth-order valence-electron chi connectivity index (χ4n) is 1.70. The van der Waals surface area contributed by atoms with Crippen molar-refractivity contribution < 1.29 is 22.3 Å². The molecule has 2 rings (SSSR count). The molecule has 102 valence electrons. The van der Waals surface area contributed by atoms with Crippen molar-refractivity contribution in [2.75, 3.05) is 0 Å². The molecule has 0 fully saturated rings.